The zero-order valence-corrected chi connectivity index (χ0v) is 11.1. The van der Waals surface area contributed by atoms with Gasteiger partial charge in [-0.1, -0.05) is 15.9 Å². The van der Waals surface area contributed by atoms with Gasteiger partial charge in [-0.25, -0.2) is 4.98 Å². The van der Waals surface area contributed by atoms with Gasteiger partial charge in [0.2, 0.25) is 5.95 Å². The van der Waals surface area contributed by atoms with Crippen LogP contribution in [0.4, 0.5) is 4.39 Å². The van der Waals surface area contributed by atoms with E-state index >= 15 is 0 Å². The van der Waals surface area contributed by atoms with E-state index in [-0.39, 0.29) is 33.7 Å². The molecule has 0 saturated heterocycles. The van der Waals surface area contributed by atoms with Crippen molar-refractivity contribution in [2.24, 2.45) is 0 Å². The minimum absolute atomic E-state index is 0. The van der Waals surface area contributed by atoms with E-state index in [9.17, 15) is 9.18 Å². The van der Waals surface area contributed by atoms with E-state index in [4.69, 9.17) is 0 Å². The molecule has 0 spiro atoms. The predicted molar refractivity (Wildman–Crippen MR) is 60.3 cm³/mol. The van der Waals surface area contributed by atoms with Crippen molar-refractivity contribution in [2.75, 3.05) is 5.33 Å². The molecule has 1 rings (SSSR count). The van der Waals surface area contributed by atoms with Crippen molar-refractivity contribution in [3.05, 3.63) is 28.2 Å². The number of carbonyl (C=O) groups excluding carboxylic acids is 1. The molecular formula is C7H5Br3FNO. The summed E-state index contributed by atoms with van der Waals surface area (Å²) in [7, 11) is 0. The van der Waals surface area contributed by atoms with E-state index in [2.05, 4.69) is 36.8 Å². The summed E-state index contributed by atoms with van der Waals surface area (Å²) < 4.78 is 13.4. The maximum Gasteiger partial charge on any atom is 0.223 e. The average molecular weight is 378 g/mol. The molecule has 0 N–H and O–H groups in total. The minimum Gasteiger partial charge on any atom is -0.293 e. The minimum atomic E-state index is -0.734. The molecule has 72 valence electrons. The first kappa shape index (κ1) is 13.2. The summed E-state index contributed by atoms with van der Waals surface area (Å²) in [6, 6.07) is 1.41. The van der Waals surface area contributed by atoms with Crippen molar-refractivity contribution in [2.45, 2.75) is 0 Å². The first-order valence-corrected chi connectivity index (χ1v) is 4.97. The lowest BCUT2D eigenvalue weighted by Crippen LogP contribution is -2.04. The van der Waals surface area contributed by atoms with Gasteiger partial charge in [-0.15, -0.1) is 17.0 Å². The number of rotatable bonds is 2. The van der Waals surface area contributed by atoms with Crippen LogP contribution in [-0.4, -0.2) is 16.1 Å². The molecule has 0 aliphatic heterocycles. The van der Waals surface area contributed by atoms with Gasteiger partial charge < -0.3 is 0 Å². The fraction of sp³-hybridized carbons (Fsp3) is 0.143. The van der Waals surface area contributed by atoms with E-state index in [1.165, 1.54) is 12.3 Å². The Morgan fingerprint density at radius 3 is 2.77 bits per heavy atom. The molecule has 1 heterocycles. The van der Waals surface area contributed by atoms with Crippen molar-refractivity contribution in [3.8, 4) is 0 Å². The molecule has 0 bridgehead atoms. The highest BCUT2D eigenvalue weighted by Gasteiger charge is 2.11. The number of Topliss-reactive ketones (excluding diaryl/α,β-unsaturated/α-hetero) is 1. The Bertz CT molecular complexity index is 319. The molecule has 0 saturated carbocycles. The van der Waals surface area contributed by atoms with Crippen molar-refractivity contribution in [3.63, 3.8) is 0 Å². The first-order chi connectivity index (χ1) is 5.65. The lowest BCUT2D eigenvalue weighted by Gasteiger charge is -1.98. The molecule has 13 heavy (non-hydrogen) atoms. The molecule has 0 amide bonds. The summed E-state index contributed by atoms with van der Waals surface area (Å²) in [5.74, 6) is -1.05. The van der Waals surface area contributed by atoms with Gasteiger partial charge >= 0.3 is 0 Å². The molecular weight excluding hydrogens is 373 g/mol. The molecule has 0 radical (unpaired) electrons. The predicted octanol–water partition coefficient (Wildman–Crippen LogP) is 3.14. The Labute approximate surface area is 102 Å². The Kier molecular flexibility index (Phi) is 5.91. The highest BCUT2D eigenvalue weighted by molar-refractivity contribution is 9.10. The fourth-order valence-electron chi connectivity index (χ4n) is 0.690. The van der Waals surface area contributed by atoms with Crippen molar-refractivity contribution in [1.82, 2.24) is 4.98 Å². The van der Waals surface area contributed by atoms with Crippen LogP contribution in [0.25, 0.3) is 0 Å². The van der Waals surface area contributed by atoms with E-state index in [1.54, 1.807) is 0 Å². The second kappa shape index (κ2) is 5.82. The van der Waals surface area contributed by atoms with Gasteiger partial charge in [-0.05, 0) is 22.0 Å². The molecule has 1 aromatic heterocycles. The molecule has 1 aromatic rings. The molecule has 0 unspecified atom stereocenters. The van der Waals surface area contributed by atoms with Gasteiger partial charge in [0.15, 0.2) is 5.78 Å². The average Bonchev–Trinajstić information content (AvgIpc) is 2.08. The summed E-state index contributed by atoms with van der Waals surface area (Å²) in [6.07, 6.45) is 1.31. The molecule has 2 nitrogen and oxygen atoms in total. The van der Waals surface area contributed by atoms with Crippen LogP contribution in [0.5, 0.6) is 0 Å². The number of halogens is 4. The topological polar surface area (TPSA) is 30.0 Å². The quantitative estimate of drug-likeness (QED) is 0.450. The third-order valence-electron chi connectivity index (χ3n) is 1.23. The fourth-order valence-corrected chi connectivity index (χ4v) is 1.32. The van der Waals surface area contributed by atoms with Crippen LogP contribution in [0.3, 0.4) is 0 Å². The molecule has 6 heteroatoms. The van der Waals surface area contributed by atoms with E-state index in [1.807, 2.05) is 0 Å². The van der Waals surface area contributed by atoms with Gasteiger partial charge in [0.25, 0.3) is 0 Å². The lowest BCUT2D eigenvalue weighted by molar-refractivity contribution is 0.101. The standard InChI is InChI=1S/C7H4Br2FNO.BrH/c8-2-6(12)5-1-4(9)3-11-7(5)10;/h1,3H,2H2;1H. The zero-order valence-electron chi connectivity index (χ0n) is 6.26. The molecule has 0 atom stereocenters. The van der Waals surface area contributed by atoms with Gasteiger partial charge in [0.05, 0.1) is 10.9 Å². The van der Waals surface area contributed by atoms with Crippen molar-refractivity contribution >= 4 is 54.6 Å². The summed E-state index contributed by atoms with van der Waals surface area (Å²) in [5, 5.41) is 0.0993. The highest BCUT2D eigenvalue weighted by atomic mass is 79.9. The highest BCUT2D eigenvalue weighted by Crippen LogP contribution is 2.13. The summed E-state index contributed by atoms with van der Waals surface area (Å²) in [6.45, 7) is 0. The van der Waals surface area contributed by atoms with Crippen LogP contribution in [0.15, 0.2) is 16.7 Å². The number of hydrogen-bond acceptors (Lipinski definition) is 2. The molecule has 0 aliphatic rings. The van der Waals surface area contributed by atoms with Gasteiger partial charge in [-0.2, -0.15) is 4.39 Å². The second-order valence-electron chi connectivity index (χ2n) is 2.05. The Morgan fingerprint density at radius 2 is 2.23 bits per heavy atom. The molecule has 0 fully saturated rings. The Balaban J connectivity index is 0.00000144. The number of alkyl halides is 1. The maximum absolute atomic E-state index is 12.8. The van der Waals surface area contributed by atoms with E-state index < -0.39 is 5.95 Å². The van der Waals surface area contributed by atoms with Crippen molar-refractivity contribution < 1.29 is 9.18 Å². The van der Waals surface area contributed by atoms with Gasteiger partial charge in [-0.3, -0.25) is 4.79 Å². The van der Waals surface area contributed by atoms with Crippen LogP contribution >= 0.6 is 48.8 Å². The zero-order chi connectivity index (χ0) is 9.14. The monoisotopic (exact) mass is 375 g/mol. The van der Waals surface area contributed by atoms with Crippen LogP contribution in [0, 0.1) is 5.95 Å². The second-order valence-corrected chi connectivity index (χ2v) is 3.53. The van der Waals surface area contributed by atoms with Crippen molar-refractivity contribution in [1.29, 1.82) is 0 Å². The number of nitrogens with zero attached hydrogens (tertiary/aromatic N) is 1. The van der Waals surface area contributed by atoms with Crippen LogP contribution in [0.2, 0.25) is 0 Å². The SMILES string of the molecule is Br.O=C(CBr)c1cc(Br)cnc1F. The third-order valence-corrected chi connectivity index (χ3v) is 2.17. The Morgan fingerprint density at radius 1 is 1.62 bits per heavy atom. The number of carbonyl (C=O) groups is 1. The Hall–Kier alpha value is 0.190. The normalized spacial score (nSPS) is 9.15. The maximum atomic E-state index is 12.8. The van der Waals surface area contributed by atoms with E-state index in [0.29, 0.717) is 4.47 Å². The van der Waals surface area contributed by atoms with Gasteiger partial charge in [0, 0.05) is 10.7 Å². The van der Waals surface area contributed by atoms with Crippen LogP contribution in [-0.2, 0) is 0 Å². The van der Waals surface area contributed by atoms with E-state index in [0.717, 1.165) is 0 Å². The van der Waals surface area contributed by atoms with Crippen LogP contribution < -0.4 is 0 Å². The molecule has 0 aliphatic carbocycles. The smallest absolute Gasteiger partial charge is 0.223 e. The largest absolute Gasteiger partial charge is 0.293 e. The summed E-state index contributed by atoms with van der Waals surface area (Å²) in [5.41, 5.74) is 0.00116. The number of ketones is 1. The lowest BCUT2D eigenvalue weighted by atomic mass is 10.2. The van der Waals surface area contributed by atoms with Crippen LogP contribution in [0.1, 0.15) is 10.4 Å². The number of aromatic nitrogens is 1. The number of pyridine rings is 1. The first-order valence-electron chi connectivity index (χ1n) is 3.05. The summed E-state index contributed by atoms with van der Waals surface area (Å²) in [4.78, 5) is 14.4. The molecule has 0 aromatic carbocycles. The third kappa shape index (κ3) is 3.44. The van der Waals surface area contributed by atoms with Gasteiger partial charge in [0.1, 0.15) is 0 Å². The number of hydrogen-bond donors (Lipinski definition) is 0. The summed E-state index contributed by atoms with van der Waals surface area (Å²) >= 11 is 6.05.